The van der Waals surface area contributed by atoms with Crippen LogP contribution in [0.1, 0.15) is 75.9 Å². The number of imide groups is 2. The molecule has 14 nitrogen and oxygen atoms in total. The summed E-state index contributed by atoms with van der Waals surface area (Å²) in [5, 5.41) is 3.72. The molecule has 3 N–H and O–H groups in total. The Morgan fingerprint density at radius 3 is 1.68 bits per heavy atom. The van der Waals surface area contributed by atoms with E-state index in [4.69, 9.17) is 0 Å². The Labute approximate surface area is 486 Å². The molecule has 13 rings (SSSR count). The summed E-state index contributed by atoms with van der Waals surface area (Å²) in [6.45, 7) is 6.53. The first-order chi connectivity index (χ1) is 39.5. The highest BCUT2D eigenvalue weighted by atomic mass is 32.2. The van der Waals surface area contributed by atoms with Gasteiger partial charge < -0.3 is 19.9 Å². The van der Waals surface area contributed by atoms with Gasteiger partial charge in [-0.1, -0.05) is 12.1 Å². The smallest absolute Gasteiger partial charge is 0.261 e. The molecule has 0 bridgehead atoms. The number of hydrogen-bond acceptors (Lipinski definition) is 11. The highest BCUT2D eigenvalue weighted by Crippen LogP contribution is 2.42. The van der Waals surface area contributed by atoms with E-state index in [9.17, 15) is 24.0 Å². The van der Waals surface area contributed by atoms with Gasteiger partial charge in [0.25, 0.3) is 11.8 Å². The molecule has 6 aliphatic heterocycles. The first-order valence-corrected chi connectivity index (χ1v) is 32.9. The number of thioether (sulfide) groups is 3. The predicted molar refractivity (Wildman–Crippen MR) is 324 cm³/mol. The molecule has 0 saturated carbocycles. The van der Waals surface area contributed by atoms with Crippen LogP contribution in [-0.2, 0) is 33.6 Å². The molecule has 17 heteroatoms. The Kier molecular flexibility index (Phi) is 15.5. The highest BCUT2D eigenvalue weighted by molar-refractivity contribution is 7.99. The number of nitrogens with one attached hydrogen (secondary N) is 3. The monoisotopic (exact) mass is 1140 g/mol. The van der Waals surface area contributed by atoms with Crippen LogP contribution in [0, 0.1) is 23.7 Å². The van der Waals surface area contributed by atoms with Gasteiger partial charge in [0.05, 0.1) is 17.0 Å². The number of H-pyrrole nitrogens is 3. The molecule has 9 heterocycles. The second kappa shape index (κ2) is 23.1. The first kappa shape index (κ1) is 54.4. The zero-order chi connectivity index (χ0) is 55.5. The zero-order valence-corrected chi connectivity index (χ0v) is 49.1. The Hall–Kier alpha value is -5.82. The lowest BCUT2D eigenvalue weighted by atomic mass is 9.82. The number of rotatable bonds is 20. The van der Waals surface area contributed by atoms with Crippen LogP contribution in [0.4, 0.5) is 0 Å². The Morgan fingerprint density at radius 2 is 1.07 bits per heavy atom. The van der Waals surface area contributed by atoms with E-state index in [2.05, 4.69) is 127 Å². The normalized spacial score (nSPS) is 24.9. The quantitative estimate of drug-likeness (QED) is 0.0494. The first-order valence-electron chi connectivity index (χ1n) is 29.2. The molecule has 6 aliphatic rings. The summed E-state index contributed by atoms with van der Waals surface area (Å²) in [5.41, 5.74) is 8.08. The van der Waals surface area contributed by atoms with Crippen molar-refractivity contribution in [3.63, 3.8) is 0 Å². The van der Waals surface area contributed by atoms with Gasteiger partial charge in [0.2, 0.25) is 17.7 Å². The minimum absolute atomic E-state index is 0.0398. The minimum atomic E-state index is -0.442. The van der Waals surface area contributed by atoms with Crippen LogP contribution in [0.3, 0.4) is 0 Å². The van der Waals surface area contributed by atoms with Crippen molar-refractivity contribution in [3.05, 3.63) is 125 Å². The maximum atomic E-state index is 14.8. The highest BCUT2D eigenvalue weighted by Gasteiger charge is 2.49. The van der Waals surface area contributed by atoms with Gasteiger partial charge in [-0.3, -0.25) is 48.5 Å². The van der Waals surface area contributed by atoms with Crippen LogP contribution in [0.2, 0.25) is 0 Å². The van der Waals surface area contributed by atoms with Crippen molar-refractivity contribution in [2.45, 2.75) is 90.6 Å². The molecule has 5 saturated heterocycles. The molecule has 5 fully saturated rings. The van der Waals surface area contributed by atoms with Gasteiger partial charge in [-0.2, -0.15) is 0 Å². The molecular weight excluding hydrogens is 1070 g/mol. The molecule has 7 aromatic rings. The van der Waals surface area contributed by atoms with Crippen LogP contribution in [0.25, 0.3) is 32.7 Å². The van der Waals surface area contributed by atoms with Gasteiger partial charge in [-0.05, 0) is 178 Å². The number of amides is 5. The summed E-state index contributed by atoms with van der Waals surface area (Å²) < 4.78 is 0. The second-order valence-electron chi connectivity index (χ2n) is 23.6. The third kappa shape index (κ3) is 10.6. The Morgan fingerprint density at radius 1 is 0.519 bits per heavy atom. The van der Waals surface area contributed by atoms with E-state index < -0.39 is 5.92 Å². The van der Waals surface area contributed by atoms with Gasteiger partial charge in [0.15, 0.2) is 0 Å². The van der Waals surface area contributed by atoms with Crippen LogP contribution >= 0.6 is 35.3 Å². The number of carbonyl (C=O) groups is 5. The van der Waals surface area contributed by atoms with E-state index in [1.54, 1.807) is 64.5 Å². The van der Waals surface area contributed by atoms with Crippen molar-refractivity contribution in [2.24, 2.45) is 23.7 Å². The van der Waals surface area contributed by atoms with Gasteiger partial charge in [-0.25, -0.2) is 0 Å². The van der Waals surface area contributed by atoms with Crippen molar-refractivity contribution >= 4 is 97.5 Å². The summed E-state index contributed by atoms with van der Waals surface area (Å²) in [7, 11) is 0. The topological polar surface area (TPSA) is 152 Å². The lowest BCUT2D eigenvalue weighted by Gasteiger charge is -2.32. The molecule has 4 aromatic carbocycles. The Balaban J connectivity index is 0.689. The van der Waals surface area contributed by atoms with Crippen LogP contribution in [0.15, 0.2) is 112 Å². The molecule has 4 unspecified atom stereocenters. The summed E-state index contributed by atoms with van der Waals surface area (Å²) >= 11 is 5.23. The number of benzene rings is 4. The summed E-state index contributed by atoms with van der Waals surface area (Å²) in [5.74, 6) is -0.468. The molecule has 7 atom stereocenters. The summed E-state index contributed by atoms with van der Waals surface area (Å²) in [6.07, 6.45) is 20.1. The summed E-state index contributed by atoms with van der Waals surface area (Å²) in [4.78, 5) is 96.9. The maximum Gasteiger partial charge on any atom is 0.261 e. The fourth-order valence-electron chi connectivity index (χ4n) is 15.1. The van der Waals surface area contributed by atoms with Crippen LogP contribution in [0.5, 0.6) is 0 Å². The number of nitrogens with zero attached hydrogens (tertiary/aromatic N) is 6. The van der Waals surface area contributed by atoms with E-state index in [1.165, 1.54) is 70.8 Å². The third-order valence-electron chi connectivity index (χ3n) is 19.5. The fourth-order valence-corrected chi connectivity index (χ4v) is 16.5. The van der Waals surface area contributed by atoms with Crippen molar-refractivity contribution < 1.29 is 24.0 Å². The fraction of sp³-hybridized carbons (Fsp3) is 0.453. The molecule has 0 aliphatic carbocycles. The SMILES string of the molecule is CSc1ccc2[nH]cc(C[C@H]3CCCN3CCN3CC(C4CCN(CCN5C(=O)CC(C6C[C@H](Cc7c[nH]c8ccc(SC)cc78)N(CCN7C(=O)c8ccccc8C7=O)C6)C5=O)[C@H]4Cc4c[nH]c5ccc(SC)cc45)CC3=O)c2c1. The van der Waals surface area contributed by atoms with E-state index in [1.807, 2.05) is 0 Å². The van der Waals surface area contributed by atoms with Crippen molar-refractivity contribution in [3.8, 4) is 0 Å². The van der Waals surface area contributed by atoms with Crippen molar-refractivity contribution in [1.82, 2.24) is 44.4 Å². The van der Waals surface area contributed by atoms with Gasteiger partial charge in [-0.15, -0.1) is 35.3 Å². The number of carbonyl (C=O) groups excluding carboxylic acids is 5. The number of aromatic amines is 3. The van der Waals surface area contributed by atoms with Gasteiger partial charge >= 0.3 is 0 Å². The van der Waals surface area contributed by atoms with Gasteiger partial charge in [0.1, 0.15) is 0 Å². The zero-order valence-electron chi connectivity index (χ0n) is 46.7. The third-order valence-corrected chi connectivity index (χ3v) is 21.7. The molecule has 0 spiro atoms. The molecule has 422 valence electrons. The molecule has 81 heavy (non-hydrogen) atoms. The largest absolute Gasteiger partial charge is 0.361 e. The van der Waals surface area contributed by atoms with Crippen molar-refractivity contribution in [1.29, 1.82) is 0 Å². The van der Waals surface area contributed by atoms with E-state index in [-0.39, 0.29) is 72.3 Å². The maximum absolute atomic E-state index is 14.8. The minimum Gasteiger partial charge on any atom is -0.361 e. The Bertz CT molecular complexity index is 3520. The second-order valence-corrected chi connectivity index (χ2v) is 26.3. The predicted octanol–water partition coefficient (Wildman–Crippen LogP) is 9.69. The number of hydrogen-bond donors (Lipinski definition) is 3. The van der Waals surface area contributed by atoms with Crippen molar-refractivity contribution in [2.75, 3.05) is 84.2 Å². The molecule has 3 aromatic heterocycles. The number of aromatic nitrogens is 3. The standard InChI is InChI=1S/C64H73N9O5S3/c1-79-46-10-13-56-52(30-46)39(34-65-56)25-44-7-6-17-68(44)19-20-71-38-43(29-60(71)74)49-16-18-69(59(49)28-41-36-67-58-15-12-48(81-3)32-54(41)58)21-23-72-61(75)33-55(64(72)78)42-27-45(26-40-35-66-57-14-11-47(80-2)31-53(40)57)70(37-42)22-24-73-62(76)50-8-4-5-9-51(50)63(73)77/h4-5,8-15,30-32,34-36,42-45,49,55,59,65-67H,6-7,16-29,33,37-38H2,1-3H3/t42?,43?,44-,45+,49?,55?,59+/m1/s1. The average Bonchev–Trinajstić information content (AvgIpc) is 4.57. The number of fused-ring (bicyclic) bond motifs is 4. The summed E-state index contributed by atoms with van der Waals surface area (Å²) in [6, 6.07) is 27.4. The van der Waals surface area contributed by atoms with Crippen LogP contribution in [-0.4, -0.2) is 176 Å². The van der Waals surface area contributed by atoms with Crippen LogP contribution < -0.4 is 0 Å². The molecular formula is C64H73N9O5S3. The lowest BCUT2D eigenvalue weighted by Crippen LogP contribution is -2.44. The molecule has 0 radical (unpaired) electrons. The van der Waals surface area contributed by atoms with E-state index in [0.29, 0.717) is 49.8 Å². The van der Waals surface area contributed by atoms with Gasteiger partial charge in [0, 0.05) is 149 Å². The molecule has 5 amide bonds. The average molecular weight is 1140 g/mol. The lowest BCUT2D eigenvalue weighted by molar-refractivity contribution is -0.140. The van der Waals surface area contributed by atoms with E-state index in [0.717, 1.165) is 75.9 Å². The van der Waals surface area contributed by atoms with E-state index >= 15 is 0 Å². The number of likely N-dealkylation sites (tertiary alicyclic amines) is 5.